The summed E-state index contributed by atoms with van der Waals surface area (Å²) >= 11 is 0. The van der Waals surface area contributed by atoms with Crippen LogP contribution in [0.4, 0.5) is 0 Å². The highest BCUT2D eigenvalue weighted by Crippen LogP contribution is 2.20. The molecule has 16 heteroatoms. The maximum absolute atomic E-state index is 13.6. The van der Waals surface area contributed by atoms with Crippen LogP contribution in [0.2, 0.25) is 0 Å². The molecule has 1 aromatic heterocycles. The minimum absolute atomic E-state index is 0.0115. The summed E-state index contributed by atoms with van der Waals surface area (Å²) in [6.45, 7) is 0.223. The Kier molecular flexibility index (Phi) is 13.1. The number of phenols is 1. The number of guanidine groups is 1. The van der Waals surface area contributed by atoms with Gasteiger partial charge in [0.15, 0.2) is 5.96 Å². The van der Waals surface area contributed by atoms with E-state index in [2.05, 4.69) is 25.9 Å². The fourth-order valence-corrected chi connectivity index (χ4v) is 4.81. The van der Waals surface area contributed by atoms with E-state index in [1.165, 1.54) is 24.3 Å². The number of carboxylic acids is 2. The van der Waals surface area contributed by atoms with Gasteiger partial charge in [-0.25, -0.2) is 4.79 Å². The predicted molar refractivity (Wildman–Crippen MR) is 172 cm³/mol. The summed E-state index contributed by atoms with van der Waals surface area (Å²) < 4.78 is 0. The maximum Gasteiger partial charge on any atom is 0.326 e. The molecule has 0 aliphatic heterocycles. The van der Waals surface area contributed by atoms with Crippen LogP contribution < -0.4 is 33.2 Å². The fourth-order valence-electron chi connectivity index (χ4n) is 4.81. The van der Waals surface area contributed by atoms with Gasteiger partial charge < -0.3 is 53.5 Å². The number of carbonyl (C=O) groups excluding carboxylic acids is 3. The zero-order valence-corrected chi connectivity index (χ0v) is 25.5. The van der Waals surface area contributed by atoms with E-state index in [0.29, 0.717) is 17.5 Å². The third-order valence-electron chi connectivity index (χ3n) is 7.31. The summed E-state index contributed by atoms with van der Waals surface area (Å²) in [4.78, 5) is 70.4. The molecule has 16 nitrogen and oxygen atoms in total. The average Bonchev–Trinajstić information content (AvgIpc) is 3.43. The van der Waals surface area contributed by atoms with E-state index in [1.807, 2.05) is 18.2 Å². The van der Waals surface area contributed by atoms with Gasteiger partial charge in [-0.2, -0.15) is 0 Å². The fraction of sp³-hybridized carbons (Fsp3) is 0.355. The number of aromatic amines is 1. The Morgan fingerprint density at radius 3 is 2.11 bits per heavy atom. The van der Waals surface area contributed by atoms with Crippen molar-refractivity contribution in [2.75, 3.05) is 6.54 Å². The standard InChI is InChI=1S/C31H40N8O8/c32-21(5-3-13-35-31(33)34)27(43)37-23(11-12-26(41)42)28(44)38-24(15-18-16-36-22-6-2-1-4-20(18)22)29(45)39-25(30(46)47)14-17-7-9-19(40)10-8-17/h1-2,4,6-10,16,21,23-25,36,40H,3,5,11-15,32H2,(H,37,43)(H,38,44)(H,39,45)(H,41,42)(H,46,47)(H4,33,34,35). The molecule has 3 aromatic rings. The van der Waals surface area contributed by atoms with Crippen LogP contribution in [0.3, 0.4) is 0 Å². The van der Waals surface area contributed by atoms with Crippen molar-refractivity contribution in [3.05, 3.63) is 65.9 Å². The largest absolute Gasteiger partial charge is 0.508 e. The second-order valence-electron chi connectivity index (χ2n) is 10.9. The third-order valence-corrected chi connectivity index (χ3v) is 7.31. The molecule has 1 heterocycles. The molecular weight excluding hydrogens is 612 g/mol. The average molecular weight is 653 g/mol. The Bertz CT molecular complexity index is 1590. The van der Waals surface area contributed by atoms with Crippen LogP contribution in [0.25, 0.3) is 10.9 Å². The van der Waals surface area contributed by atoms with E-state index in [9.17, 15) is 39.3 Å². The number of para-hydroxylation sites is 1. The van der Waals surface area contributed by atoms with E-state index >= 15 is 0 Å². The van der Waals surface area contributed by atoms with Crippen molar-refractivity contribution in [2.24, 2.45) is 22.2 Å². The monoisotopic (exact) mass is 652 g/mol. The highest BCUT2D eigenvalue weighted by Gasteiger charge is 2.31. The van der Waals surface area contributed by atoms with Crippen LogP contribution in [0.15, 0.2) is 59.7 Å². The van der Waals surface area contributed by atoms with Crippen molar-refractivity contribution in [3.8, 4) is 5.75 Å². The van der Waals surface area contributed by atoms with Gasteiger partial charge in [0.05, 0.1) is 6.04 Å². The number of carbonyl (C=O) groups is 5. The van der Waals surface area contributed by atoms with Gasteiger partial charge >= 0.3 is 11.9 Å². The zero-order chi connectivity index (χ0) is 34.5. The lowest BCUT2D eigenvalue weighted by Crippen LogP contribution is -2.57. The smallest absolute Gasteiger partial charge is 0.326 e. The summed E-state index contributed by atoms with van der Waals surface area (Å²) in [7, 11) is 0. The number of hydrogen-bond acceptors (Lipinski definition) is 8. The molecule has 13 N–H and O–H groups in total. The van der Waals surface area contributed by atoms with E-state index in [1.54, 1.807) is 12.3 Å². The molecule has 0 fully saturated rings. The number of aliphatic carboxylic acids is 2. The Morgan fingerprint density at radius 1 is 0.809 bits per heavy atom. The number of aliphatic imine (C=N–C) groups is 1. The Morgan fingerprint density at radius 2 is 1.45 bits per heavy atom. The second-order valence-corrected chi connectivity index (χ2v) is 10.9. The summed E-state index contributed by atoms with van der Waals surface area (Å²) in [5.41, 5.74) is 18.5. The lowest BCUT2D eigenvalue weighted by atomic mass is 10.0. The number of nitrogens with zero attached hydrogens (tertiary/aromatic N) is 1. The zero-order valence-electron chi connectivity index (χ0n) is 25.5. The first-order valence-electron chi connectivity index (χ1n) is 14.8. The number of nitrogens with two attached hydrogens (primary N) is 3. The molecule has 3 rings (SSSR count). The normalized spacial score (nSPS) is 13.5. The molecule has 0 saturated carbocycles. The molecule has 0 spiro atoms. The number of rotatable bonds is 18. The topological polar surface area (TPSA) is 288 Å². The van der Waals surface area contributed by atoms with Gasteiger partial charge in [-0.05, 0) is 48.6 Å². The number of nitrogens with one attached hydrogen (secondary N) is 4. The molecule has 4 atom stereocenters. The van der Waals surface area contributed by atoms with Crippen LogP contribution in [0.1, 0.15) is 36.8 Å². The third kappa shape index (κ3) is 11.3. The molecule has 3 amide bonds. The Hall–Kier alpha value is -5.64. The summed E-state index contributed by atoms with van der Waals surface area (Å²) in [6.07, 6.45) is 1.20. The number of H-pyrrole nitrogens is 1. The molecule has 252 valence electrons. The molecule has 0 aliphatic rings. The molecule has 4 unspecified atom stereocenters. The maximum atomic E-state index is 13.6. The quantitative estimate of drug-likeness (QED) is 0.0472. The number of amides is 3. The van der Waals surface area contributed by atoms with E-state index < -0.39 is 60.2 Å². The van der Waals surface area contributed by atoms with Crippen LogP contribution >= 0.6 is 0 Å². The first-order valence-corrected chi connectivity index (χ1v) is 14.8. The minimum atomic E-state index is -1.39. The molecular formula is C31H40N8O8. The van der Waals surface area contributed by atoms with Gasteiger partial charge in [0.25, 0.3) is 0 Å². The number of aromatic nitrogens is 1. The van der Waals surface area contributed by atoms with Crippen LogP contribution in [-0.2, 0) is 36.8 Å². The second kappa shape index (κ2) is 17.2. The first-order chi connectivity index (χ1) is 22.3. The van der Waals surface area contributed by atoms with Crippen LogP contribution in [0, 0.1) is 0 Å². The summed E-state index contributed by atoms with van der Waals surface area (Å²) in [5, 5.41) is 37.0. The van der Waals surface area contributed by atoms with Crippen LogP contribution in [0.5, 0.6) is 5.75 Å². The SMILES string of the molecule is NC(N)=NCCCC(N)C(=O)NC(CCC(=O)O)C(=O)NC(Cc1c[nH]c2ccccc12)C(=O)NC(Cc1ccc(O)cc1)C(=O)O. The number of phenolic OH excluding ortho intramolecular Hbond substituents is 1. The Labute approximate surface area is 269 Å². The predicted octanol–water partition coefficient (Wildman–Crippen LogP) is -0.557. The van der Waals surface area contributed by atoms with Gasteiger partial charge in [0.1, 0.15) is 23.9 Å². The number of aromatic hydroxyl groups is 1. The molecule has 0 bridgehead atoms. The molecule has 47 heavy (non-hydrogen) atoms. The van der Waals surface area contributed by atoms with Crippen molar-refractivity contribution < 1.29 is 39.3 Å². The molecule has 2 aromatic carbocycles. The van der Waals surface area contributed by atoms with Gasteiger partial charge in [0.2, 0.25) is 17.7 Å². The number of fused-ring (bicyclic) bond motifs is 1. The Balaban J connectivity index is 1.83. The van der Waals surface area contributed by atoms with Gasteiger partial charge in [-0.15, -0.1) is 0 Å². The van der Waals surface area contributed by atoms with Crippen molar-refractivity contribution in [1.82, 2.24) is 20.9 Å². The van der Waals surface area contributed by atoms with Crippen LogP contribution in [-0.4, -0.2) is 86.6 Å². The lowest BCUT2D eigenvalue weighted by Gasteiger charge is -2.25. The van der Waals surface area contributed by atoms with Crippen molar-refractivity contribution >= 4 is 46.5 Å². The number of benzene rings is 2. The van der Waals surface area contributed by atoms with Crippen molar-refractivity contribution in [3.63, 3.8) is 0 Å². The van der Waals surface area contributed by atoms with Gasteiger partial charge in [-0.1, -0.05) is 30.3 Å². The minimum Gasteiger partial charge on any atom is -0.508 e. The molecule has 0 saturated heterocycles. The highest BCUT2D eigenvalue weighted by molar-refractivity contribution is 5.95. The lowest BCUT2D eigenvalue weighted by molar-refractivity contribution is -0.142. The van der Waals surface area contributed by atoms with Gasteiger partial charge in [-0.3, -0.25) is 24.2 Å². The van der Waals surface area contributed by atoms with E-state index in [4.69, 9.17) is 17.2 Å². The van der Waals surface area contributed by atoms with Gasteiger partial charge in [0, 0.05) is 42.9 Å². The first kappa shape index (κ1) is 35.8. The van der Waals surface area contributed by atoms with Crippen molar-refractivity contribution in [2.45, 2.75) is 62.7 Å². The van der Waals surface area contributed by atoms with Crippen molar-refractivity contribution in [1.29, 1.82) is 0 Å². The van der Waals surface area contributed by atoms with E-state index in [0.717, 1.165) is 10.9 Å². The summed E-state index contributed by atoms with van der Waals surface area (Å²) in [5.74, 6) is -5.09. The number of carboxylic acid groups (broad SMARTS) is 2. The number of hydrogen-bond donors (Lipinski definition) is 10. The van der Waals surface area contributed by atoms with E-state index in [-0.39, 0.29) is 43.9 Å². The highest BCUT2D eigenvalue weighted by atomic mass is 16.4. The summed E-state index contributed by atoms with van der Waals surface area (Å²) in [6, 6.07) is 7.88. The molecule has 0 radical (unpaired) electrons. The molecule has 0 aliphatic carbocycles.